The molecule has 0 atom stereocenters. The van der Waals surface area contributed by atoms with E-state index in [2.05, 4.69) is 0 Å². The first-order valence-electron chi connectivity index (χ1n) is 3.43. The van der Waals surface area contributed by atoms with Crippen molar-refractivity contribution in [3.8, 4) is 0 Å². The number of carbonyl (C=O) groups excluding carboxylic acids is 2. The van der Waals surface area contributed by atoms with Crippen molar-refractivity contribution in [2.24, 2.45) is 0 Å². The van der Waals surface area contributed by atoms with Gasteiger partial charge in [-0.1, -0.05) is 6.07 Å². The zero-order valence-electron chi connectivity index (χ0n) is 6.36. The minimum absolute atomic E-state index is 0.135. The van der Waals surface area contributed by atoms with Crippen LogP contribution >= 0.6 is 0 Å². The lowest BCUT2D eigenvalue weighted by molar-refractivity contribution is -0.684. The lowest BCUT2D eigenvalue weighted by Crippen LogP contribution is -2.41. The summed E-state index contributed by atoms with van der Waals surface area (Å²) >= 11 is 0. The van der Waals surface area contributed by atoms with Crippen molar-refractivity contribution in [1.29, 1.82) is 0 Å². The van der Waals surface area contributed by atoms with Crippen molar-refractivity contribution in [2.75, 3.05) is 0 Å². The van der Waals surface area contributed by atoms with E-state index >= 15 is 0 Å². The second kappa shape index (κ2) is 4.23. The Morgan fingerprint density at radius 1 is 1.33 bits per heavy atom. The lowest BCUT2D eigenvalue weighted by Gasteiger charge is -1.92. The zero-order chi connectivity index (χ0) is 8.81. The molecule has 1 radical (unpaired) electrons. The number of pyridine rings is 1. The fraction of sp³-hybridized carbons (Fsp3) is 0.125. The summed E-state index contributed by atoms with van der Waals surface area (Å²) in [6.45, 7) is 0.135. The van der Waals surface area contributed by atoms with E-state index in [0.29, 0.717) is 0 Å². The molecule has 61 valence electrons. The second-order valence-corrected chi connectivity index (χ2v) is 2.20. The molecule has 0 unspecified atom stereocenters. The number of hydrogen-bond donors (Lipinski definition) is 1. The third kappa shape index (κ3) is 2.49. The quantitative estimate of drug-likeness (QED) is 0.467. The first kappa shape index (κ1) is 8.39. The van der Waals surface area contributed by atoms with Gasteiger partial charge in [-0.2, -0.15) is 4.57 Å². The van der Waals surface area contributed by atoms with E-state index < -0.39 is 0 Å². The van der Waals surface area contributed by atoms with Gasteiger partial charge in [-0.25, -0.2) is 0 Å². The Bertz CT molecular complexity index is 272. The molecule has 1 aromatic rings. The van der Waals surface area contributed by atoms with Gasteiger partial charge in [-0.3, -0.25) is 14.9 Å². The molecule has 0 bridgehead atoms. The highest BCUT2D eigenvalue weighted by Crippen LogP contribution is 1.76. The molecule has 0 saturated carbocycles. The molecule has 1 N–H and O–H groups in total. The average Bonchev–Trinajstić information content (AvgIpc) is 2.06. The molecule has 0 aromatic carbocycles. The lowest BCUT2D eigenvalue weighted by atomic mass is 10.4. The molecule has 0 aliphatic heterocycles. The Kier molecular flexibility index (Phi) is 2.95. The van der Waals surface area contributed by atoms with Crippen LogP contribution in [-0.2, 0) is 16.1 Å². The maximum Gasteiger partial charge on any atom is 0.316 e. The molecule has 0 spiro atoms. The highest BCUT2D eigenvalue weighted by molar-refractivity contribution is 5.84. The maximum absolute atomic E-state index is 10.8. The number of amides is 2. The molecule has 1 rings (SSSR count). The van der Waals surface area contributed by atoms with E-state index in [1.165, 1.54) is 6.41 Å². The third-order valence-corrected chi connectivity index (χ3v) is 1.29. The summed E-state index contributed by atoms with van der Waals surface area (Å²) in [6, 6.07) is 5.45. The van der Waals surface area contributed by atoms with Crippen LogP contribution in [0, 0.1) is 0 Å². The summed E-state index contributed by atoms with van der Waals surface area (Å²) in [5, 5.41) is 1.93. The molecule has 0 aliphatic rings. The fourth-order valence-electron chi connectivity index (χ4n) is 0.802. The number of aromatic nitrogens is 1. The first-order chi connectivity index (χ1) is 5.83. The third-order valence-electron chi connectivity index (χ3n) is 1.29. The molecule has 2 amide bonds. The van der Waals surface area contributed by atoms with Crippen LogP contribution in [0.2, 0.25) is 0 Å². The van der Waals surface area contributed by atoms with E-state index in [1.807, 2.05) is 11.4 Å². The van der Waals surface area contributed by atoms with Gasteiger partial charge in [-0.15, -0.1) is 0 Å². The molecule has 0 aliphatic carbocycles. The van der Waals surface area contributed by atoms with Crippen LogP contribution in [0.5, 0.6) is 0 Å². The van der Waals surface area contributed by atoms with Gasteiger partial charge in [0.1, 0.15) is 0 Å². The predicted molar refractivity (Wildman–Crippen MR) is 40.5 cm³/mol. The van der Waals surface area contributed by atoms with Gasteiger partial charge in [0.2, 0.25) is 6.54 Å². The minimum Gasteiger partial charge on any atom is -0.283 e. The fourth-order valence-corrected chi connectivity index (χ4v) is 0.802. The Morgan fingerprint density at radius 3 is 2.58 bits per heavy atom. The Balaban J connectivity index is 2.52. The van der Waals surface area contributed by atoms with Gasteiger partial charge in [0.25, 0.3) is 5.91 Å². The zero-order valence-corrected chi connectivity index (χ0v) is 6.36. The standard InChI is InChI=1S/C8H8N2O2/c11-7-9-8(12)6-10-4-2-1-3-5-10/h1-5H,6H2,(H,9,11,12)/q+1. The molecule has 12 heavy (non-hydrogen) atoms. The van der Waals surface area contributed by atoms with E-state index in [9.17, 15) is 9.59 Å². The Morgan fingerprint density at radius 2 is 2.00 bits per heavy atom. The smallest absolute Gasteiger partial charge is 0.283 e. The average molecular weight is 164 g/mol. The van der Waals surface area contributed by atoms with Crippen LogP contribution in [0.15, 0.2) is 30.6 Å². The second-order valence-electron chi connectivity index (χ2n) is 2.20. The number of hydrogen-bond acceptors (Lipinski definition) is 2. The number of nitrogens with zero attached hydrogens (tertiary/aromatic N) is 1. The molecule has 4 heteroatoms. The van der Waals surface area contributed by atoms with Crippen molar-refractivity contribution < 1.29 is 14.2 Å². The van der Waals surface area contributed by atoms with Crippen molar-refractivity contribution in [2.45, 2.75) is 6.54 Å². The summed E-state index contributed by atoms with van der Waals surface area (Å²) in [5.41, 5.74) is 0. The Hall–Kier alpha value is -1.71. The van der Waals surface area contributed by atoms with Gasteiger partial charge < -0.3 is 0 Å². The van der Waals surface area contributed by atoms with E-state index in [1.54, 1.807) is 29.1 Å². The van der Waals surface area contributed by atoms with Crippen LogP contribution in [0.3, 0.4) is 0 Å². The van der Waals surface area contributed by atoms with Gasteiger partial charge in [-0.05, 0) is 0 Å². The van der Waals surface area contributed by atoms with Crippen LogP contribution < -0.4 is 9.88 Å². The number of nitrogens with one attached hydrogen (secondary N) is 1. The van der Waals surface area contributed by atoms with Gasteiger partial charge in [0.05, 0.1) is 0 Å². The summed E-state index contributed by atoms with van der Waals surface area (Å²) in [6.07, 6.45) is 4.81. The van der Waals surface area contributed by atoms with Gasteiger partial charge in [0, 0.05) is 12.1 Å². The number of imide groups is 1. The van der Waals surface area contributed by atoms with Crippen molar-refractivity contribution in [1.82, 2.24) is 5.32 Å². The Labute approximate surface area is 69.8 Å². The highest BCUT2D eigenvalue weighted by atomic mass is 16.2. The van der Waals surface area contributed by atoms with Crippen LogP contribution in [0.4, 0.5) is 0 Å². The first-order valence-corrected chi connectivity index (χ1v) is 3.43. The number of carbonyl (C=O) groups is 1. The molecular formula is C8H8N2O2+. The molecule has 1 aromatic heterocycles. The SMILES string of the molecule is O=[C]NC(=O)C[n+]1ccccc1. The van der Waals surface area contributed by atoms with Crippen LogP contribution in [0.25, 0.3) is 0 Å². The molecular weight excluding hydrogens is 156 g/mol. The maximum atomic E-state index is 10.8. The van der Waals surface area contributed by atoms with Crippen LogP contribution in [-0.4, -0.2) is 12.3 Å². The molecule has 1 heterocycles. The predicted octanol–water partition coefficient (Wildman–Crippen LogP) is -0.842. The molecule has 0 saturated heterocycles. The van der Waals surface area contributed by atoms with E-state index in [4.69, 9.17) is 0 Å². The van der Waals surface area contributed by atoms with Crippen molar-refractivity contribution >= 4 is 12.3 Å². The minimum atomic E-state index is -0.374. The monoisotopic (exact) mass is 164 g/mol. The largest absolute Gasteiger partial charge is 0.316 e. The van der Waals surface area contributed by atoms with Gasteiger partial charge in [0.15, 0.2) is 12.4 Å². The van der Waals surface area contributed by atoms with E-state index in [-0.39, 0.29) is 12.5 Å². The topological polar surface area (TPSA) is 50.1 Å². The molecule has 4 nitrogen and oxygen atoms in total. The van der Waals surface area contributed by atoms with Gasteiger partial charge >= 0.3 is 6.41 Å². The summed E-state index contributed by atoms with van der Waals surface area (Å²) in [5.74, 6) is -0.374. The molecule has 0 fully saturated rings. The van der Waals surface area contributed by atoms with Crippen LogP contribution in [0.1, 0.15) is 0 Å². The van der Waals surface area contributed by atoms with E-state index in [0.717, 1.165) is 0 Å². The normalized spacial score (nSPS) is 9.00. The highest BCUT2D eigenvalue weighted by Gasteiger charge is 2.06. The van der Waals surface area contributed by atoms with Crippen molar-refractivity contribution in [3.05, 3.63) is 30.6 Å². The van der Waals surface area contributed by atoms with Crippen molar-refractivity contribution in [3.63, 3.8) is 0 Å². The number of rotatable bonds is 3. The summed E-state index contributed by atoms with van der Waals surface area (Å²) < 4.78 is 1.66. The summed E-state index contributed by atoms with van der Waals surface area (Å²) in [7, 11) is 0. The summed E-state index contributed by atoms with van der Waals surface area (Å²) in [4.78, 5) is 20.6.